The molecule has 1 aliphatic rings. The molecule has 3 nitrogen and oxygen atoms in total. The average molecular weight is 292 g/mol. The van der Waals surface area contributed by atoms with Crippen molar-refractivity contribution in [3.8, 4) is 5.75 Å². The molecular formula is C15H11ClFNO2. The molecule has 2 aromatic rings. The number of nitrogens with one attached hydrogen (secondary N) is 1. The number of benzene rings is 2. The first-order valence-electron chi connectivity index (χ1n) is 6.13. The van der Waals surface area contributed by atoms with Gasteiger partial charge in [-0.3, -0.25) is 4.79 Å². The molecule has 0 radical (unpaired) electrons. The number of rotatable bonds is 2. The Balaban J connectivity index is 1.85. The van der Waals surface area contributed by atoms with E-state index in [0.717, 1.165) is 11.3 Å². The average Bonchev–Trinajstić information content (AvgIpc) is 2.82. The largest absolute Gasteiger partial charge is 0.491 e. The minimum Gasteiger partial charge on any atom is -0.491 e. The van der Waals surface area contributed by atoms with Crippen molar-refractivity contribution in [2.24, 2.45) is 0 Å². The van der Waals surface area contributed by atoms with Crippen LogP contribution >= 0.6 is 11.6 Å². The van der Waals surface area contributed by atoms with Gasteiger partial charge in [0.1, 0.15) is 18.2 Å². The first-order chi connectivity index (χ1) is 9.66. The van der Waals surface area contributed by atoms with Crippen molar-refractivity contribution in [2.45, 2.75) is 6.04 Å². The Bertz CT molecular complexity index is 654. The van der Waals surface area contributed by atoms with Crippen LogP contribution in [-0.2, 0) is 0 Å². The molecule has 5 heteroatoms. The molecule has 20 heavy (non-hydrogen) atoms. The smallest absolute Gasteiger partial charge is 0.256 e. The highest BCUT2D eigenvalue weighted by molar-refractivity contribution is 6.33. The van der Waals surface area contributed by atoms with Crippen LogP contribution in [0, 0.1) is 5.82 Å². The van der Waals surface area contributed by atoms with Crippen molar-refractivity contribution in [2.75, 3.05) is 6.61 Å². The van der Waals surface area contributed by atoms with Crippen LogP contribution in [0.5, 0.6) is 5.75 Å². The summed E-state index contributed by atoms with van der Waals surface area (Å²) in [6.45, 7) is 0.331. The second kappa shape index (κ2) is 5.13. The van der Waals surface area contributed by atoms with Gasteiger partial charge < -0.3 is 10.1 Å². The molecule has 0 spiro atoms. The van der Waals surface area contributed by atoms with E-state index in [9.17, 15) is 9.18 Å². The van der Waals surface area contributed by atoms with Crippen molar-refractivity contribution in [1.82, 2.24) is 5.32 Å². The third-order valence-corrected chi connectivity index (χ3v) is 3.51. The van der Waals surface area contributed by atoms with E-state index in [-0.39, 0.29) is 16.6 Å². The third-order valence-electron chi connectivity index (χ3n) is 3.20. The van der Waals surface area contributed by atoms with Crippen molar-refractivity contribution < 1.29 is 13.9 Å². The molecule has 1 N–H and O–H groups in total. The molecular weight excluding hydrogens is 281 g/mol. The Labute approximate surface area is 120 Å². The second-order valence-electron chi connectivity index (χ2n) is 4.47. The van der Waals surface area contributed by atoms with E-state index in [1.54, 1.807) is 0 Å². The van der Waals surface area contributed by atoms with E-state index in [1.165, 1.54) is 18.2 Å². The van der Waals surface area contributed by atoms with Crippen LogP contribution in [0.15, 0.2) is 42.5 Å². The summed E-state index contributed by atoms with van der Waals surface area (Å²) in [6.07, 6.45) is 0. The van der Waals surface area contributed by atoms with Gasteiger partial charge in [0.25, 0.3) is 5.91 Å². The highest BCUT2D eigenvalue weighted by Crippen LogP contribution is 2.32. The quantitative estimate of drug-likeness (QED) is 0.921. The molecule has 1 heterocycles. The molecule has 0 bridgehead atoms. The summed E-state index contributed by atoms with van der Waals surface area (Å²) in [4.78, 5) is 12.2. The molecule has 0 fully saturated rings. The standard InChI is InChI=1S/C15H11ClFNO2/c16-10-5-3-6-11(17)14(10)15(19)18-12-8-20-13-7-2-1-4-9(12)13/h1-7,12H,8H2,(H,18,19). The van der Waals surface area contributed by atoms with E-state index in [1.807, 2.05) is 24.3 Å². The number of hydrogen-bond acceptors (Lipinski definition) is 2. The molecule has 102 valence electrons. The highest BCUT2D eigenvalue weighted by atomic mass is 35.5. The van der Waals surface area contributed by atoms with Crippen LogP contribution in [0.3, 0.4) is 0 Å². The first kappa shape index (κ1) is 12.9. The molecule has 2 aromatic carbocycles. The minimum absolute atomic E-state index is 0.0923. The summed E-state index contributed by atoms with van der Waals surface area (Å²) in [5.74, 6) is -0.446. The number of carbonyl (C=O) groups is 1. The maximum atomic E-state index is 13.7. The summed E-state index contributed by atoms with van der Waals surface area (Å²) in [5.41, 5.74) is 0.742. The molecule has 1 aliphatic heterocycles. The molecule has 1 unspecified atom stereocenters. The van der Waals surface area contributed by atoms with Crippen molar-refractivity contribution in [1.29, 1.82) is 0 Å². The van der Waals surface area contributed by atoms with Gasteiger partial charge in [0.2, 0.25) is 0 Å². The zero-order valence-electron chi connectivity index (χ0n) is 10.4. The number of amides is 1. The molecule has 0 saturated carbocycles. The molecule has 0 saturated heterocycles. The summed E-state index contributed by atoms with van der Waals surface area (Å²) < 4.78 is 19.2. The highest BCUT2D eigenvalue weighted by Gasteiger charge is 2.27. The molecule has 0 aromatic heterocycles. The van der Waals surface area contributed by atoms with Crippen molar-refractivity contribution in [3.63, 3.8) is 0 Å². The number of carbonyl (C=O) groups excluding carboxylic acids is 1. The summed E-state index contributed by atoms with van der Waals surface area (Å²) in [5, 5.41) is 2.84. The monoisotopic (exact) mass is 291 g/mol. The van der Waals surface area contributed by atoms with E-state index < -0.39 is 11.7 Å². The van der Waals surface area contributed by atoms with Gasteiger partial charge in [0.15, 0.2) is 0 Å². The maximum Gasteiger partial charge on any atom is 0.256 e. The van der Waals surface area contributed by atoms with Crippen molar-refractivity contribution >= 4 is 17.5 Å². The van der Waals surface area contributed by atoms with Gasteiger partial charge in [0, 0.05) is 5.56 Å². The zero-order chi connectivity index (χ0) is 14.1. The Hall–Kier alpha value is -2.07. The lowest BCUT2D eigenvalue weighted by atomic mass is 10.1. The lowest BCUT2D eigenvalue weighted by Gasteiger charge is -2.13. The van der Waals surface area contributed by atoms with Gasteiger partial charge in [-0.15, -0.1) is 0 Å². The Kier molecular flexibility index (Phi) is 3.32. The van der Waals surface area contributed by atoms with Crippen LogP contribution in [0.25, 0.3) is 0 Å². The van der Waals surface area contributed by atoms with E-state index in [4.69, 9.17) is 16.3 Å². The summed E-state index contributed by atoms with van der Waals surface area (Å²) >= 11 is 5.88. The Morgan fingerprint density at radius 3 is 2.85 bits per heavy atom. The van der Waals surface area contributed by atoms with E-state index >= 15 is 0 Å². The zero-order valence-corrected chi connectivity index (χ0v) is 11.2. The lowest BCUT2D eigenvalue weighted by Crippen LogP contribution is -2.30. The fraction of sp³-hybridized carbons (Fsp3) is 0.133. The molecule has 1 atom stereocenters. The molecule has 3 rings (SSSR count). The number of hydrogen-bond donors (Lipinski definition) is 1. The number of ether oxygens (including phenoxy) is 1. The second-order valence-corrected chi connectivity index (χ2v) is 4.88. The summed E-state index contributed by atoms with van der Waals surface area (Å²) in [7, 11) is 0. The molecule has 1 amide bonds. The minimum atomic E-state index is -0.637. The normalized spacial score (nSPS) is 16.4. The Morgan fingerprint density at radius 2 is 2.05 bits per heavy atom. The third kappa shape index (κ3) is 2.23. The fourth-order valence-corrected chi connectivity index (χ4v) is 2.48. The van der Waals surface area contributed by atoms with E-state index in [2.05, 4.69) is 5.32 Å². The summed E-state index contributed by atoms with van der Waals surface area (Å²) in [6, 6.07) is 11.3. The van der Waals surface area contributed by atoms with Gasteiger partial charge in [0.05, 0.1) is 16.6 Å². The van der Waals surface area contributed by atoms with E-state index in [0.29, 0.717) is 6.61 Å². The van der Waals surface area contributed by atoms with Gasteiger partial charge in [-0.25, -0.2) is 4.39 Å². The topological polar surface area (TPSA) is 38.3 Å². The number of para-hydroxylation sites is 1. The number of halogens is 2. The molecule has 0 aliphatic carbocycles. The van der Waals surface area contributed by atoms with Crippen LogP contribution < -0.4 is 10.1 Å². The predicted molar refractivity (Wildman–Crippen MR) is 73.6 cm³/mol. The van der Waals surface area contributed by atoms with Crippen LogP contribution in [-0.4, -0.2) is 12.5 Å². The maximum absolute atomic E-state index is 13.7. The van der Waals surface area contributed by atoms with Crippen molar-refractivity contribution in [3.05, 3.63) is 64.4 Å². The SMILES string of the molecule is O=C(NC1COc2ccccc21)c1c(F)cccc1Cl. The van der Waals surface area contributed by atoms with Gasteiger partial charge >= 0.3 is 0 Å². The van der Waals surface area contributed by atoms with Gasteiger partial charge in [-0.2, -0.15) is 0 Å². The van der Waals surface area contributed by atoms with Gasteiger partial charge in [-0.1, -0.05) is 35.9 Å². The predicted octanol–water partition coefficient (Wildman–Crippen LogP) is 3.34. The number of fused-ring (bicyclic) bond motifs is 1. The first-order valence-corrected chi connectivity index (χ1v) is 6.51. The van der Waals surface area contributed by atoms with Gasteiger partial charge in [-0.05, 0) is 18.2 Å². The lowest BCUT2D eigenvalue weighted by molar-refractivity contribution is 0.0926. The Morgan fingerprint density at radius 1 is 1.25 bits per heavy atom. The van der Waals surface area contributed by atoms with Crippen LogP contribution in [0.1, 0.15) is 22.0 Å². The fourth-order valence-electron chi connectivity index (χ4n) is 2.23. The van der Waals surface area contributed by atoms with Crippen LogP contribution in [0.4, 0.5) is 4.39 Å². The van der Waals surface area contributed by atoms with Crippen LogP contribution in [0.2, 0.25) is 5.02 Å².